The van der Waals surface area contributed by atoms with Gasteiger partial charge in [0.25, 0.3) is 0 Å². The molecule has 0 bridgehead atoms. The third kappa shape index (κ3) is 39.6. The summed E-state index contributed by atoms with van der Waals surface area (Å²) in [5.41, 5.74) is 0. The van der Waals surface area contributed by atoms with Crippen LogP contribution >= 0.6 is 74.4 Å². The summed E-state index contributed by atoms with van der Waals surface area (Å²) >= 11 is -6.22. The van der Waals surface area contributed by atoms with E-state index in [2.05, 4.69) is 18.9 Å². The molecule has 0 N–H and O–H groups in total. The van der Waals surface area contributed by atoms with Crippen LogP contribution < -0.4 is 0 Å². The van der Waals surface area contributed by atoms with E-state index in [9.17, 15) is 19.2 Å². The van der Waals surface area contributed by atoms with Crippen molar-refractivity contribution in [1.82, 2.24) is 0 Å². The second-order valence-electron chi connectivity index (χ2n) is 5.85. The van der Waals surface area contributed by atoms with E-state index < -0.39 is 48.6 Å². The number of esters is 4. The van der Waals surface area contributed by atoms with Gasteiger partial charge in [0.1, 0.15) is 26.4 Å². The molecule has 0 aromatic carbocycles. The summed E-state index contributed by atoms with van der Waals surface area (Å²) in [6.45, 7) is 0.512. The number of hydrogen-bond donors (Lipinski definition) is 0. The first-order chi connectivity index (χ1) is 17.6. The molecule has 0 atom stereocenters. The zero-order valence-corrected chi connectivity index (χ0v) is 28.6. The average Bonchev–Trinajstić information content (AvgIpc) is 2.78. The predicted molar refractivity (Wildman–Crippen MR) is 134 cm³/mol. The summed E-state index contributed by atoms with van der Waals surface area (Å²) in [5.74, 6) is -4.47. The summed E-state index contributed by atoms with van der Waals surface area (Å²) in [6, 6.07) is 0. The van der Waals surface area contributed by atoms with Crippen LogP contribution in [0.3, 0.4) is 0 Å². The Morgan fingerprint density at radius 3 is 0.632 bits per heavy atom. The molecule has 0 aromatic heterocycles. The van der Waals surface area contributed by atoms with Crippen molar-refractivity contribution in [2.24, 2.45) is 0 Å². The van der Waals surface area contributed by atoms with Gasteiger partial charge in [0.15, 0.2) is 0 Å². The maximum atomic E-state index is 11.4. The van der Waals surface area contributed by atoms with E-state index in [0.29, 0.717) is 0 Å². The topological polar surface area (TPSA) is 142 Å². The monoisotopic (exact) mass is 784 g/mol. The quantitative estimate of drug-likeness (QED) is 0.153. The molecule has 1 fully saturated rings. The van der Waals surface area contributed by atoms with Crippen LogP contribution in [-0.2, 0) is 81.8 Å². The molecule has 0 spiro atoms. The van der Waals surface area contributed by atoms with Crippen LogP contribution in [0.4, 0.5) is 0 Å². The molecule has 22 heteroatoms. The predicted octanol–water partition coefficient (Wildman–Crippen LogP) is 3.75. The van der Waals surface area contributed by atoms with Crippen LogP contribution in [0, 0.1) is 0 Å². The molecular formula is C16H24Cl8O12Ti2. The van der Waals surface area contributed by atoms with Crippen molar-refractivity contribution in [2.75, 3.05) is 79.3 Å². The first-order valence-corrected chi connectivity index (χ1v) is 27.3. The Morgan fingerprint density at radius 2 is 0.474 bits per heavy atom. The zero-order chi connectivity index (χ0) is 29.5. The summed E-state index contributed by atoms with van der Waals surface area (Å²) in [6.07, 6.45) is 0. The fourth-order valence-electron chi connectivity index (χ4n) is 1.65. The summed E-state index contributed by atoms with van der Waals surface area (Å²) in [5, 5.41) is 0. The Morgan fingerprint density at radius 1 is 0.342 bits per heavy atom. The minimum absolute atomic E-state index is 0.0618. The van der Waals surface area contributed by atoms with E-state index in [0.717, 1.165) is 0 Å². The van der Waals surface area contributed by atoms with Crippen molar-refractivity contribution in [3.05, 3.63) is 0 Å². The van der Waals surface area contributed by atoms with E-state index >= 15 is 0 Å². The summed E-state index contributed by atoms with van der Waals surface area (Å²) in [7, 11) is 40.1. The van der Waals surface area contributed by atoms with Gasteiger partial charge in [-0.15, -0.1) is 0 Å². The van der Waals surface area contributed by atoms with Crippen molar-refractivity contribution in [3.63, 3.8) is 0 Å². The molecule has 1 heterocycles. The van der Waals surface area contributed by atoms with Crippen LogP contribution in [0.1, 0.15) is 0 Å². The van der Waals surface area contributed by atoms with Gasteiger partial charge in [-0.3, -0.25) is 0 Å². The van der Waals surface area contributed by atoms with E-state index in [1.807, 2.05) is 0 Å². The fourth-order valence-corrected chi connectivity index (χ4v) is 1.65. The Kier molecular flexibility index (Phi) is 28.6. The molecule has 0 aliphatic carbocycles. The van der Waals surface area contributed by atoms with Gasteiger partial charge in [-0.25, -0.2) is 19.2 Å². The minimum atomic E-state index is -3.11. The van der Waals surface area contributed by atoms with Crippen molar-refractivity contribution >= 4 is 98.3 Å². The Labute approximate surface area is 256 Å². The molecule has 224 valence electrons. The molecule has 1 rings (SSSR count). The number of cyclic esters (lactones) is 4. The molecule has 0 amide bonds. The Balaban J connectivity index is 0. The normalized spacial score (nSPS) is 18.9. The standard InChI is InChI=1S/C16H24O12.8ClH.2Ti/c17-13-14(18)27-11-7-23-3-4-24-8-12-28-16(20)15(19)26-10-6-22-2-1-21-5-9-25-13;;;;;;;;;;/h1-12H2;8*1H;;/q;;;;;;;;;2*+4/p-8. The van der Waals surface area contributed by atoms with Crippen LogP contribution in [-0.4, -0.2) is 103 Å². The van der Waals surface area contributed by atoms with Crippen molar-refractivity contribution in [3.8, 4) is 0 Å². The van der Waals surface area contributed by atoms with Crippen molar-refractivity contribution in [1.29, 1.82) is 0 Å². The van der Waals surface area contributed by atoms with Crippen molar-refractivity contribution < 1.29 is 81.8 Å². The third-order valence-electron chi connectivity index (χ3n) is 2.92. The van der Waals surface area contributed by atoms with Gasteiger partial charge in [-0.05, 0) is 0 Å². The number of ether oxygens (including phenoxy) is 8. The molecule has 12 nitrogen and oxygen atoms in total. The number of halogens is 8. The molecule has 0 unspecified atom stereocenters. The molecule has 1 aliphatic rings. The number of hydrogen-bond acceptors (Lipinski definition) is 12. The third-order valence-corrected chi connectivity index (χ3v) is 2.92. The molecule has 1 saturated heterocycles. The molecule has 1 aliphatic heterocycles. The van der Waals surface area contributed by atoms with E-state index in [1.54, 1.807) is 0 Å². The molecule has 0 saturated carbocycles. The summed E-state index contributed by atoms with van der Waals surface area (Å²) < 4.78 is 39.2. The molecular weight excluding hydrogens is 764 g/mol. The number of carbonyl (C=O) groups excluding carboxylic acids is 4. The van der Waals surface area contributed by atoms with E-state index in [4.69, 9.17) is 93.4 Å². The van der Waals surface area contributed by atoms with Gasteiger partial charge >= 0.3 is 123 Å². The molecule has 0 radical (unpaired) electrons. The Bertz CT molecular complexity index is 570. The van der Waals surface area contributed by atoms with E-state index in [-0.39, 0.29) is 79.3 Å². The molecule has 0 aromatic rings. The maximum absolute atomic E-state index is 11.4. The first-order valence-electron chi connectivity index (χ1n) is 10.1. The Hall–Kier alpha value is 1.47. The SMILES string of the molecule is O=C1OCCOCCOCCOC(=O)C(=O)OCCOCCOCCOC1=O.[Cl][Ti]([Cl])([Cl])[Cl].[Cl][Ti]([Cl])([Cl])[Cl]. The van der Waals surface area contributed by atoms with Gasteiger partial charge in [-0.1, -0.05) is 0 Å². The average molecular weight is 788 g/mol. The van der Waals surface area contributed by atoms with Gasteiger partial charge in [0, 0.05) is 0 Å². The van der Waals surface area contributed by atoms with Crippen LogP contribution in [0.25, 0.3) is 0 Å². The van der Waals surface area contributed by atoms with E-state index in [1.165, 1.54) is 0 Å². The zero-order valence-electron chi connectivity index (χ0n) is 19.4. The molecule has 38 heavy (non-hydrogen) atoms. The van der Waals surface area contributed by atoms with Crippen LogP contribution in [0.15, 0.2) is 0 Å². The second-order valence-corrected chi connectivity index (χ2v) is 36.8. The van der Waals surface area contributed by atoms with Crippen LogP contribution in [0.2, 0.25) is 0 Å². The summed E-state index contributed by atoms with van der Waals surface area (Å²) in [4.78, 5) is 45.4. The van der Waals surface area contributed by atoms with Crippen molar-refractivity contribution in [2.45, 2.75) is 0 Å². The van der Waals surface area contributed by atoms with Gasteiger partial charge < -0.3 is 37.9 Å². The van der Waals surface area contributed by atoms with Gasteiger partial charge in [-0.2, -0.15) is 0 Å². The fraction of sp³-hybridized carbons (Fsp3) is 0.750. The number of carbonyl (C=O) groups is 4. The number of rotatable bonds is 0. The second kappa shape index (κ2) is 26.1. The van der Waals surface area contributed by atoms with Gasteiger partial charge in [0.05, 0.1) is 52.9 Å². The first kappa shape index (κ1) is 41.6. The van der Waals surface area contributed by atoms with Gasteiger partial charge in [0.2, 0.25) is 0 Å². The van der Waals surface area contributed by atoms with Crippen LogP contribution in [0.5, 0.6) is 0 Å².